The largest absolute Gasteiger partial charge is 0.392 e. The number of hydrogen-bond acceptors (Lipinski definition) is 5. The van der Waals surface area contributed by atoms with Crippen molar-refractivity contribution < 1.29 is 19.4 Å². The molecule has 1 aromatic heterocycles. The zero-order chi connectivity index (χ0) is 34.1. The summed E-state index contributed by atoms with van der Waals surface area (Å²) in [6.07, 6.45) is 19.4. The Kier molecular flexibility index (Phi) is 15.2. The number of para-hydroxylation sites is 2. The van der Waals surface area contributed by atoms with Crippen LogP contribution in [-0.4, -0.2) is 26.7 Å². The van der Waals surface area contributed by atoms with Gasteiger partial charge in [0.2, 0.25) is 5.91 Å². The summed E-state index contributed by atoms with van der Waals surface area (Å²) in [5.74, 6) is 0.121. The summed E-state index contributed by atoms with van der Waals surface area (Å²) in [4.78, 5) is 17.1. The fraction of sp³-hybridized carbons (Fsp3) is 0.524. The number of nitrogens with zero attached hydrogens (tertiary/aromatic N) is 2. The van der Waals surface area contributed by atoms with Gasteiger partial charge in [-0.25, -0.2) is 4.98 Å². The maximum atomic E-state index is 12.5. The van der Waals surface area contributed by atoms with E-state index in [0.29, 0.717) is 25.9 Å². The van der Waals surface area contributed by atoms with Gasteiger partial charge in [-0.05, 0) is 35.2 Å². The van der Waals surface area contributed by atoms with Crippen LogP contribution in [0.3, 0.4) is 0 Å². The van der Waals surface area contributed by atoms with E-state index in [1.165, 1.54) is 70.6 Å². The van der Waals surface area contributed by atoms with E-state index in [4.69, 9.17) is 9.47 Å². The molecule has 264 valence electrons. The lowest BCUT2D eigenvalue weighted by Gasteiger charge is -2.36. The number of ether oxygens (including phenoxy) is 2. The van der Waals surface area contributed by atoms with E-state index in [1.54, 1.807) is 0 Å². The van der Waals surface area contributed by atoms with E-state index in [1.807, 2.05) is 73.1 Å². The van der Waals surface area contributed by atoms with Crippen molar-refractivity contribution in [1.29, 1.82) is 0 Å². The third-order valence-electron chi connectivity index (χ3n) is 9.79. The van der Waals surface area contributed by atoms with Crippen molar-refractivity contribution in [1.82, 2.24) is 14.9 Å². The molecular weight excluding hydrogens is 610 g/mol. The number of aromatic nitrogens is 2. The molecule has 1 fully saturated rings. The van der Waals surface area contributed by atoms with Crippen LogP contribution >= 0.6 is 0 Å². The Labute approximate surface area is 293 Å². The van der Waals surface area contributed by atoms with Crippen LogP contribution in [0.4, 0.5) is 0 Å². The number of nitrogens with one attached hydrogen (secondary N) is 1. The van der Waals surface area contributed by atoms with Crippen molar-refractivity contribution in [3.8, 4) is 0 Å². The molecule has 1 unspecified atom stereocenters. The third-order valence-corrected chi connectivity index (χ3v) is 9.79. The summed E-state index contributed by atoms with van der Waals surface area (Å²) < 4.78 is 15.3. The summed E-state index contributed by atoms with van der Waals surface area (Å²) in [5.41, 5.74) is 5.98. The number of benzene rings is 3. The van der Waals surface area contributed by atoms with Crippen molar-refractivity contribution in [2.24, 2.45) is 0 Å². The van der Waals surface area contributed by atoms with Crippen LogP contribution in [0.1, 0.15) is 138 Å². The van der Waals surface area contributed by atoms with Gasteiger partial charge in [-0.15, -0.1) is 0 Å². The second kappa shape index (κ2) is 20.2. The van der Waals surface area contributed by atoms with E-state index in [0.717, 1.165) is 46.1 Å². The van der Waals surface area contributed by atoms with Crippen molar-refractivity contribution in [3.05, 3.63) is 101 Å². The molecule has 5 rings (SSSR count). The number of rotatable bonds is 21. The molecule has 4 aromatic rings. The molecule has 3 atom stereocenters. The van der Waals surface area contributed by atoms with Crippen LogP contribution in [0, 0.1) is 0 Å². The van der Waals surface area contributed by atoms with Crippen molar-refractivity contribution in [2.75, 3.05) is 0 Å². The van der Waals surface area contributed by atoms with Gasteiger partial charge in [-0.3, -0.25) is 4.79 Å². The van der Waals surface area contributed by atoms with Crippen LogP contribution in [0.15, 0.2) is 79.1 Å². The Bertz CT molecular complexity index is 1520. The Morgan fingerprint density at radius 3 is 2.06 bits per heavy atom. The first-order valence-corrected chi connectivity index (χ1v) is 18.9. The minimum atomic E-state index is -0.532. The minimum absolute atomic E-state index is 0.0140. The quantitative estimate of drug-likeness (QED) is 0.0864. The molecule has 2 heterocycles. The van der Waals surface area contributed by atoms with E-state index >= 15 is 0 Å². The molecule has 0 saturated carbocycles. The van der Waals surface area contributed by atoms with Gasteiger partial charge in [-0.1, -0.05) is 145 Å². The van der Waals surface area contributed by atoms with Crippen LogP contribution in [0.25, 0.3) is 11.0 Å². The number of unbranched alkanes of at least 4 members (excludes halogenated alkanes) is 12. The highest BCUT2D eigenvalue weighted by atomic mass is 16.7. The van der Waals surface area contributed by atoms with Gasteiger partial charge in [0, 0.05) is 24.9 Å². The second-order valence-electron chi connectivity index (χ2n) is 13.7. The van der Waals surface area contributed by atoms with Gasteiger partial charge in [0.05, 0.1) is 42.7 Å². The topological polar surface area (TPSA) is 85.6 Å². The van der Waals surface area contributed by atoms with Gasteiger partial charge in [0.1, 0.15) is 0 Å². The Hall–Kier alpha value is -3.52. The standard InChI is InChI=1S/C42H57N3O4/c1-2-3-4-5-6-7-8-9-10-11-12-13-14-19-41(47)43-29-33-20-26-36(27-21-33)42-48-37(30-45-32-44-38-17-15-16-18-39(38)45)28-40(49-42)35-24-22-34(31-46)23-25-35/h15-18,20-27,32,37,40,42,46H,2-14,19,28-31H2,1H3,(H,43,47)/t37-,40+,42?/m0/s1. The molecule has 1 saturated heterocycles. The van der Waals surface area contributed by atoms with Crippen LogP contribution < -0.4 is 5.32 Å². The van der Waals surface area contributed by atoms with Crippen molar-refractivity contribution >= 4 is 16.9 Å². The molecule has 7 heteroatoms. The van der Waals surface area contributed by atoms with Crippen LogP contribution in [0.2, 0.25) is 0 Å². The predicted molar refractivity (Wildman–Crippen MR) is 197 cm³/mol. The number of imidazole rings is 1. The van der Waals surface area contributed by atoms with Gasteiger partial charge >= 0.3 is 0 Å². The molecular formula is C42H57N3O4. The second-order valence-corrected chi connectivity index (χ2v) is 13.7. The maximum absolute atomic E-state index is 12.5. The van der Waals surface area contributed by atoms with Crippen LogP contribution in [0.5, 0.6) is 0 Å². The molecule has 1 aliphatic heterocycles. The van der Waals surface area contributed by atoms with Gasteiger partial charge in [0.25, 0.3) is 0 Å². The number of carbonyl (C=O) groups is 1. The number of aliphatic hydroxyl groups is 1. The molecule has 0 aliphatic carbocycles. The molecule has 1 aliphatic rings. The van der Waals surface area contributed by atoms with Crippen molar-refractivity contribution in [3.63, 3.8) is 0 Å². The SMILES string of the molecule is CCCCCCCCCCCCCCCC(=O)NCc1ccc(C2O[C@H](Cn3cnc4ccccc43)C[C@H](c3ccc(CO)cc3)O2)cc1. The van der Waals surface area contributed by atoms with Gasteiger partial charge in [-0.2, -0.15) is 0 Å². The first-order valence-electron chi connectivity index (χ1n) is 18.9. The highest BCUT2D eigenvalue weighted by molar-refractivity contribution is 5.76. The minimum Gasteiger partial charge on any atom is -0.392 e. The molecule has 0 bridgehead atoms. The molecule has 2 N–H and O–H groups in total. The smallest absolute Gasteiger partial charge is 0.220 e. The summed E-state index contributed by atoms with van der Waals surface area (Å²) in [6.45, 7) is 3.46. The fourth-order valence-electron chi connectivity index (χ4n) is 6.79. The first-order chi connectivity index (χ1) is 24.1. The van der Waals surface area contributed by atoms with Crippen LogP contribution in [-0.2, 0) is 34.0 Å². The lowest BCUT2D eigenvalue weighted by molar-refractivity contribution is -0.252. The number of hydrogen-bond donors (Lipinski definition) is 2. The monoisotopic (exact) mass is 667 g/mol. The molecule has 3 aromatic carbocycles. The third kappa shape index (κ3) is 11.8. The summed E-state index contributed by atoms with van der Waals surface area (Å²) in [6, 6.07) is 24.3. The normalized spacial score (nSPS) is 17.8. The lowest BCUT2D eigenvalue weighted by Crippen LogP contribution is -2.32. The fourth-order valence-corrected chi connectivity index (χ4v) is 6.79. The zero-order valence-corrected chi connectivity index (χ0v) is 29.5. The number of amides is 1. The Morgan fingerprint density at radius 2 is 1.39 bits per heavy atom. The van der Waals surface area contributed by atoms with E-state index in [-0.39, 0.29) is 24.7 Å². The molecule has 0 spiro atoms. The average molecular weight is 668 g/mol. The number of carbonyl (C=O) groups excluding carboxylic acids is 1. The van der Waals surface area contributed by atoms with Crippen molar-refractivity contribution in [2.45, 2.75) is 141 Å². The van der Waals surface area contributed by atoms with Gasteiger partial charge < -0.3 is 24.5 Å². The van der Waals surface area contributed by atoms with E-state index in [2.05, 4.69) is 27.9 Å². The Morgan fingerprint density at radius 1 is 0.776 bits per heavy atom. The summed E-state index contributed by atoms with van der Waals surface area (Å²) in [7, 11) is 0. The molecule has 0 radical (unpaired) electrons. The summed E-state index contributed by atoms with van der Waals surface area (Å²) >= 11 is 0. The Balaban J connectivity index is 1.06. The summed E-state index contributed by atoms with van der Waals surface area (Å²) in [5, 5.41) is 12.6. The average Bonchev–Trinajstić information content (AvgIpc) is 3.55. The van der Waals surface area contributed by atoms with E-state index in [9.17, 15) is 9.90 Å². The number of fused-ring (bicyclic) bond motifs is 1. The predicted octanol–water partition coefficient (Wildman–Crippen LogP) is 9.87. The lowest BCUT2D eigenvalue weighted by atomic mass is 9.99. The molecule has 49 heavy (non-hydrogen) atoms. The first kappa shape index (κ1) is 36.8. The zero-order valence-electron chi connectivity index (χ0n) is 29.5. The maximum Gasteiger partial charge on any atom is 0.220 e. The number of aliphatic hydroxyl groups excluding tert-OH is 1. The molecule has 7 nitrogen and oxygen atoms in total. The highest BCUT2D eigenvalue weighted by Crippen LogP contribution is 2.38. The van der Waals surface area contributed by atoms with Gasteiger partial charge in [0.15, 0.2) is 6.29 Å². The van der Waals surface area contributed by atoms with E-state index < -0.39 is 6.29 Å². The molecule has 1 amide bonds. The highest BCUT2D eigenvalue weighted by Gasteiger charge is 2.32.